The Kier molecular flexibility index (Phi) is 7.91. The molecule has 0 radical (unpaired) electrons. The zero-order valence-electron chi connectivity index (χ0n) is 19.2. The van der Waals surface area contributed by atoms with E-state index >= 15 is 0 Å². The van der Waals surface area contributed by atoms with Gasteiger partial charge in [0.15, 0.2) is 5.69 Å². The first-order valence-electron chi connectivity index (χ1n) is 11.2. The third-order valence-electron chi connectivity index (χ3n) is 5.68. The molecule has 0 bridgehead atoms. The van der Waals surface area contributed by atoms with Gasteiger partial charge in [0.2, 0.25) is 5.91 Å². The summed E-state index contributed by atoms with van der Waals surface area (Å²) >= 11 is 0.797. The quantitative estimate of drug-likeness (QED) is 0.511. The second-order valence-corrected chi connectivity index (χ2v) is 9.19. The Morgan fingerprint density at radius 2 is 1.85 bits per heavy atom. The normalized spacial score (nSPS) is 14.8. The number of carbonyl (C=O) groups excluding carboxylic acids is 3. The van der Waals surface area contributed by atoms with E-state index in [4.69, 9.17) is 16.2 Å². The van der Waals surface area contributed by atoms with Crippen molar-refractivity contribution in [2.45, 2.75) is 58.5 Å². The molecule has 1 aromatic carbocycles. The molecule has 178 valence electrons. The standard InChI is InChI=1S/C23H31N5O4S/c1-4-32-16-11-9-15(10-12-16)28(23(31)20-17(24)18(21(25)29)27-33-20)19(13(2)3)22(30)26-14-7-5-6-8-14/h9-14,19H,4-8,24H2,1-3H3,(H2,25,29)(H,26,30)/t19-/m1/s1. The zero-order chi connectivity index (χ0) is 24.1. The van der Waals surface area contributed by atoms with Crippen LogP contribution < -0.4 is 26.4 Å². The highest BCUT2D eigenvalue weighted by atomic mass is 32.1. The smallest absolute Gasteiger partial charge is 0.272 e. The number of nitrogens with one attached hydrogen (secondary N) is 1. The summed E-state index contributed by atoms with van der Waals surface area (Å²) in [6, 6.07) is 6.26. The van der Waals surface area contributed by atoms with Crippen molar-refractivity contribution in [1.82, 2.24) is 9.69 Å². The molecule has 1 aliphatic rings. The number of carbonyl (C=O) groups is 3. The fourth-order valence-corrected chi connectivity index (χ4v) is 4.83. The maximum absolute atomic E-state index is 13.8. The number of amides is 3. The van der Waals surface area contributed by atoms with Crippen LogP contribution in [-0.2, 0) is 4.79 Å². The second-order valence-electron chi connectivity index (χ2n) is 8.42. The summed E-state index contributed by atoms with van der Waals surface area (Å²) in [7, 11) is 0. The Bertz CT molecular complexity index is 999. The van der Waals surface area contributed by atoms with E-state index in [2.05, 4.69) is 9.69 Å². The van der Waals surface area contributed by atoms with E-state index in [1.807, 2.05) is 20.8 Å². The molecular weight excluding hydrogens is 442 g/mol. The molecule has 3 rings (SSSR count). The van der Waals surface area contributed by atoms with Crippen molar-refractivity contribution in [1.29, 1.82) is 0 Å². The Morgan fingerprint density at radius 3 is 2.36 bits per heavy atom. The molecule has 1 heterocycles. The van der Waals surface area contributed by atoms with Crippen LogP contribution in [0.3, 0.4) is 0 Å². The summed E-state index contributed by atoms with van der Waals surface area (Å²) in [6.07, 6.45) is 4.01. The maximum atomic E-state index is 13.8. The largest absolute Gasteiger partial charge is 0.494 e. The van der Waals surface area contributed by atoms with Crippen LogP contribution in [0.25, 0.3) is 0 Å². The minimum absolute atomic E-state index is 0.0667. The van der Waals surface area contributed by atoms with Crippen molar-refractivity contribution in [3.8, 4) is 5.75 Å². The molecule has 1 aromatic heterocycles. The molecule has 0 unspecified atom stereocenters. The molecule has 1 fully saturated rings. The van der Waals surface area contributed by atoms with E-state index in [1.54, 1.807) is 24.3 Å². The minimum atomic E-state index is -0.810. The number of primary amides is 1. The first kappa shape index (κ1) is 24.5. The average molecular weight is 474 g/mol. The van der Waals surface area contributed by atoms with Crippen LogP contribution in [0.5, 0.6) is 5.75 Å². The van der Waals surface area contributed by atoms with Crippen molar-refractivity contribution in [3.63, 3.8) is 0 Å². The molecule has 0 saturated heterocycles. The first-order chi connectivity index (χ1) is 15.7. The molecule has 0 aliphatic heterocycles. The molecule has 3 amide bonds. The molecule has 5 N–H and O–H groups in total. The van der Waals surface area contributed by atoms with Gasteiger partial charge in [-0.05, 0) is 61.5 Å². The Balaban J connectivity index is 2.03. The number of aromatic nitrogens is 1. The van der Waals surface area contributed by atoms with Crippen LogP contribution in [0.15, 0.2) is 24.3 Å². The third kappa shape index (κ3) is 5.44. The lowest BCUT2D eigenvalue weighted by molar-refractivity contribution is -0.123. The van der Waals surface area contributed by atoms with Crippen molar-refractivity contribution in [2.24, 2.45) is 11.7 Å². The van der Waals surface area contributed by atoms with Gasteiger partial charge in [-0.1, -0.05) is 26.7 Å². The Morgan fingerprint density at radius 1 is 1.21 bits per heavy atom. The number of anilines is 2. The number of ether oxygens (including phenoxy) is 1. The third-order valence-corrected chi connectivity index (χ3v) is 6.53. The van der Waals surface area contributed by atoms with Gasteiger partial charge >= 0.3 is 0 Å². The lowest BCUT2D eigenvalue weighted by Gasteiger charge is -2.34. The van der Waals surface area contributed by atoms with Crippen LogP contribution in [0, 0.1) is 5.92 Å². The molecule has 33 heavy (non-hydrogen) atoms. The van der Waals surface area contributed by atoms with Crippen LogP contribution >= 0.6 is 11.5 Å². The maximum Gasteiger partial charge on any atom is 0.272 e. The molecule has 9 nitrogen and oxygen atoms in total. The van der Waals surface area contributed by atoms with Gasteiger partial charge in [0.25, 0.3) is 11.8 Å². The predicted octanol–water partition coefficient (Wildman–Crippen LogP) is 2.95. The SMILES string of the molecule is CCOc1ccc(N(C(=O)c2snc(C(N)=O)c2N)[C@@H](C(=O)NC2CCCC2)C(C)C)cc1. The highest BCUT2D eigenvalue weighted by molar-refractivity contribution is 7.09. The lowest BCUT2D eigenvalue weighted by Crippen LogP contribution is -2.54. The number of hydrogen-bond donors (Lipinski definition) is 3. The lowest BCUT2D eigenvalue weighted by atomic mass is 9.99. The van der Waals surface area contributed by atoms with Crippen molar-refractivity contribution in [2.75, 3.05) is 17.2 Å². The van der Waals surface area contributed by atoms with Gasteiger partial charge in [-0.15, -0.1) is 0 Å². The van der Waals surface area contributed by atoms with E-state index < -0.39 is 17.9 Å². The molecule has 0 spiro atoms. The monoisotopic (exact) mass is 473 g/mol. The molecule has 2 aromatic rings. The number of rotatable bonds is 9. The topological polar surface area (TPSA) is 141 Å². The van der Waals surface area contributed by atoms with Gasteiger partial charge in [-0.2, -0.15) is 4.37 Å². The number of hydrogen-bond acceptors (Lipinski definition) is 7. The highest BCUT2D eigenvalue weighted by Crippen LogP contribution is 2.31. The van der Waals surface area contributed by atoms with Gasteiger partial charge in [0.1, 0.15) is 16.7 Å². The fraction of sp³-hybridized carbons (Fsp3) is 0.478. The summed E-state index contributed by atoms with van der Waals surface area (Å²) in [5.74, 6) is -1.10. The van der Waals surface area contributed by atoms with Crippen molar-refractivity contribution in [3.05, 3.63) is 34.8 Å². The van der Waals surface area contributed by atoms with Crippen LogP contribution in [-0.4, -0.2) is 40.8 Å². The summed E-state index contributed by atoms with van der Waals surface area (Å²) < 4.78 is 9.47. The summed E-state index contributed by atoms with van der Waals surface area (Å²) in [6.45, 7) is 6.17. The number of nitrogens with two attached hydrogens (primary N) is 2. The molecule has 10 heteroatoms. The van der Waals surface area contributed by atoms with Gasteiger partial charge in [0.05, 0.1) is 12.3 Å². The summed E-state index contributed by atoms with van der Waals surface area (Å²) in [5, 5.41) is 3.11. The number of nitrogen functional groups attached to an aromatic ring is 1. The van der Waals surface area contributed by atoms with E-state index in [-0.39, 0.29) is 34.1 Å². The second kappa shape index (κ2) is 10.7. The first-order valence-corrected chi connectivity index (χ1v) is 11.9. The molecule has 1 atom stereocenters. The average Bonchev–Trinajstić information content (AvgIpc) is 3.41. The molecular formula is C23H31N5O4S. The van der Waals surface area contributed by atoms with E-state index in [0.717, 1.165) is 37.2 Å². The van der Waals surface area contributed by atoms with Gasteiger partial charge < -0.3 is 21.5 Å². The fourth-order valence-electron chi connectivity index (χ4n) is 4.09. The van der Waals surface area contributed by atoms with E-state index in [0.29, 0.717) is 18.0 Å². The minimum Gasteiger partial charge on any atom is -0.494 e. The zero-order valence-corrected chi connectivity index (χ0v) is 20.0. The van der Waals surface area contributed by atoms with E-state index in [1.165, 1.54) is 4.90 Å². The van der Waals surface area contributed by atoms with E-state index in [9.17, 15) is 14.4 Å². The number of benzene rings is 1. The van der Waals surface area contributed by atoms with Crippen molar-refractivity contribution >= 4 is 40.6 Å². The molecule has 1 saturated carbocycles. The number of nitrogens with zero attached hydrogens (tertiary/aromatic N) is 2. The Labute approximate surface area is 197 Å². The summed E-state index contributed by atoms with van der Waals surface area (Å²) in [4.78, 5) is 40.3. The van der Waals surface area contributed by atoms with Crippen molar-refractivity contribution < 1.29 is 19.1 Å². The van der Waals surface area contributed by atoms with Gasteiger partial charge in [-0.3, -0.25) is 19.3 Å². The van der Waals surface area contributed by atoms with Crippen LogP contribution in [0.2, 0.25) is 0 Å². The van der Waals surface area contributed by atoms with Gasteiger partial charge in [0, 0.05) is 11.7 Å². The Hall–Kier alpha value is -3.14. The van der Waals surface area contributed by atoms with Crippen LogP contribution in [0.4, 0.5) is 11.4 Å². The summed E-state index contributed by atoms with van der Waals surface area (Å²) in [5.41, 5.74) is 11.7. The molecule has 1 aliphatic carbocycles. The van der Waals surface area contributed by atoms with Crippen LogP contribution in [0.1, 0.15) is 66.6 Å². The predicted molar refractivity (Wildman–Crippen MR) is 128 cm³/mol. The highest BCUT2D eigenvalue weighted by Gasteiger charge is 2.37. The van der Waals surface area contributed by atoms with Gasteiger partial charge in [-0.25, -0.2) is 0 Å².